The third kappa shape index (κ3) is 3.39. The maximum atomic E-state index is 12.5. The Hall–Kier alpha value is -2.89. The first-order valence-corrected chi connectivity index (χ1v) is 9.30. The highest BCUT2D eigenvalue weighted by molar-refractivity contribution is 6.02. The van der Waals surface area contributed by atoms with Crippen molar-refractivity contribution in [2.45, 2.75) is 38.2 Å². The Morgan fingerprint density at radius 3 is 2.85 bits per heavy atom. The molecule has 0 unspecified atom stereocenters. The second-order valence-electron chi connectivity index (χ2n) is 7.50. The molecule has 140 valence electrons. The number of Topliss-reactive ketones (excluding diaryl/α,β-unsaturated/α-hetero) is 1. The van der Waals surface area contributed by atoms with E-state index in [1.165, 1.54) is 0 Å². The predicted molar refractivity (Wildman–Crippen MR) is 102 cm³/mol. The lowest BCUT2D eigenvalue weighted by molar-refractivity contribution is 0.0499. The van der Waals surface area contributed by atoms with Crippen LogP contribution in [-0.2, 0) is 0 Å². The van der Waals surface area contributed by atoms with Crippen molar-refractivity contribution in [3.05, 3.63) is 53.9 Å². The number of nitrogens with zero attached hydrogens (tertiary/aromatic N) is 2. The fourth-order valence-electron chi connectivity index (χ4n) is 3.50. The van der Waals surface area contributed by atoms with Crippen LogP contribution in [0.1, 0.15) is 48.7 Å². The summed E-state index contributed by atoms with van der Waals surface area (Å²) >= 11 is 0. The van der Waals surface area contributed by atoms with Crippen molar-refractivity contribution in [3.63, 3.8) is 0 Å². The van der Waals surface area contributed by atoms with Crippen molar-refractivity contribution in [2.75, 3.05) is 18.4 Å². The third-order valence-electron chi connectivity index (χ3n) is 5.44. The maximum absolute atomic E-state index is 12.5. The quantitative estimate of drug-likeness (QED) is 0.897. The van der Waals surface area contributed by atoms with E-state index in [2.05, 4.69) is 10.3 Å². The van der Waals surface area contributed by atoms with Gasteiger partial charge in [-0.1, -0.05) is 13.0 Å². The molecule has 0 radical (unpaired) electrons. The average Bonchev–Trinajstić information content (AvgIpc) is 2.62. The van der Waals surface area contributed by atoms with Crippen LogP contribution in [0.5, 0.6) is 5.75 Å². The molecule has 27 heavy (non-hydrogen) atoms. The summed E-state index contributed by atoms with van der Waals surface area (Å²) in [5.41, 5.74) is 1.70. The molecule has 2 aromatic rings. The number of rotatable bonds is 3. The van der Waals surface area contributed by atoms with Crippen molar-refractivity contribution in [1.82, 2.24) is 9.88 Å². The molecule has 6 heteroatoms. The normalized spacial score (nSPS) is 21.9. The third-order valence-corrected chi connectivity index (χ3v) is 5.44. The van der Waals surface area contributed by atoms with Crippen LogP contribution < -0.4 is 10.1 Å². The van der Waals surface area contributed by atoms with Crippen LogP contribution in [-0.4, -0.2) is 40.4 Å². The Kier molecular flexibility index (Phi) is 4.34. The zero-order valence-corrected chi connectivity index (χ0v) is 15.6. The number of amides is 2. The molecular formula is C21H23N3O3. The molecule has 1 atom stereocenters. The van der Waals surface area contributed by atoms with Gasteiger partial charge < -0.3 is 15.0 Å². The molecule has 3 heterocycles. The molecule has 2 aliphatic rings. The number of carbonyl (C=O) groups excluding carboxylic acids is 2. The molecule has 1 saturated heterocycles. The lowest BCUT2D eigenvalue weighted by Crippen LogP contribution is -2.50. The van der Waals surface area contributed by atoms with Gasteiger partial charge in [0.15, 0.2) is 5.78 Å². The number of fused-ring (bicyclic) bond motifs is 1. The minimum atomic E-state index is -0.451. The van der Waals surface area contributed by atoms with Crippen molar-refractivity contribution in [1.29, 1.82) is 0 Å². The van der Waals surface area contributed by atoms with E-state index in [9.17, 15) is 9.59 Å². The van der Waals surface area contributed by atoms with Crippen molar-refractivity contribution < 1.29 is 14.3 Å². The number of ketones is 1. The molecule has 0 aliphatic carbocycles. The Labute approximate surface area is 158 Å². The number of nitrogens with one attached hydrogen (secondary N) is 1. The van der Waals surface area contributed by atoms with Crippen LogP contribution in [0.4, 0.5) is 10.5 Å². The van der Waals surface area contributed by atoms with Gasteiger partial charge in [0, 0.05) is 36.6 Å². The molecule has 2 amide bonds. The predicted octanol–water partition coefficient (Wildman–Crippen LogP) is 3.85. The maximum Gasteiger partial charge on any atom is 0.321 e. The van der Waals surface area contributed by atoms with Crippen molar-refractivity contribution in [3.8, 4) is 5.75 Å². The van der Waals surface area contributed by atoms with Gasteiger partial charge in [-0.2, -0.15) is 0 Å². The van der Waals surface area contributed by atoms with Gasteiger partial charge in [0.25, 0.3) is 0 Å². The molecule has 4 rings (SSSR count). The molecule has 2 aliphatic heterocycles. The van der Waals surface area contributed by atoms with Gasteiger partial charge in [-0.3, -0.25) is 9.78 Å². The highest BCUT2D eigenvalue weighted by Gasteiger charge is 2.36. The van der Waals surface area contributed by atoms with Crippen LogP contribution in [0, 0.1) is 0 Å². The van der Waals surface area contributed by atoms with Gasteiger partial charge in [-0.05, 0) is 43.7 Å². The second-order valence-corrected chi connectivity index (χ2v) is 7.50. The van der Waals surface area contributed by atoms with Gasteiger partial charge >= 0.3 is 6.03 Å². The number of hydrogen-bond acceptors (Lipinski definition) is 4. The lowest BCUT2D eigenvalue weighted by atomic mass is 9.89. The van der Waals surface area contributed by atoms with E-state index in [4.69, 9.17) is 4.74 Å². The standard InChI is InChI=1S/C21H23N3O3/c1-3-21(2)11-18(25)16-10-15(7-8-19(16)27-21)23-20(26)24-12-14(13-24)17-6-4-5-9-22-17/h4-10,14H,3,11-13H2,1-2H3,(H,23,26)/t21-/m0/s1. The van der Waals surface area contributed by atoms with E-state index < -0.39 is 5.60 Å². The number of carbonyl (C=O) groups is 2. The molecule has 0 saturated carbocycles. The number of pyridine rings is 1. The zero-order valence-electron chi connectivity index (χ0n) is 15.6. The summed E-state index contributed by atoms with van der Waals surface area (Å²) in [6.45, 7) is 5.25. The van der Waals surface area contributed by atoms with Crippen LogP contribution in [0.2, 0.25) is 0 Å². The molecule has 1 aromatic heterocycles. The Bertz CT molecular complexity index is 877. The first-order valence-electron chi connectivity index (χ1n) is 9.30. The van der Waals surface area contributed by atoms with E-state index in [1.54, 1.807) is 29.3 Å². The smallest absolute Gasteiger partial charge is 0.321 e. The highest BCUT2D eigenvalue weighted by Crippen LogP contribution is 2.36. The van der Waals surface area contributed by atoms with E-state index in [0.29, 0.717) is 36.5 Å². The molecule has 0 bridgehead atoms. The van der Waals surface area contributed by atoms with Crippen LogP contribution in [0.15, 0.2) is 42.6 Å². The number of aromatic nitrogens is 1. The lowest BCUT2D eigenvalue weighted by Gasteiger charge is -2.38. The minimum absolute atomic E-state index is 0.0517. The zero-order chi connectivity index (χ0) is 19.0. The molecular weight excluding hydrogens is 342 g/mol. The van der Waals surface area contributed by atoms with Crippen LogP contribution >= 0.6 is 0 Å². The van der Waals surface area contributed by atoms with Crippen molar-refractivity contribution >= 4 is 17.5 Å². The fraction of sp³-hybridized carbons (Fsp3) is 0.381. The van der Waals surface area contributed by atoms with Gasteiger partial charge in [0.1, 0.15) is 11.4 Å². The van der Waals surface area contributed by atoms with Gasteiger partial charge in [-0.25, -0.2) is 4.79 Å². The first-order chi connectivity index (χ1) is 13.0. The van der Waals surface area contributed by atoms with Crippen LogP contribution in [0.3, 0.4) is 0 Å². The minimum Gasteiger partial charge on any atom is -0.486 e. The summed E-state index contributed by atoms with van der Waals surface area (Å²) in [5, 5.41) is 2.88. The first kappa shape index (κ1) is 17.5. The number of benzene rings is 1. The molecule has 6 nitrogen and oxygen atoms in total. The Morgan fingerprint density at radius 2 is 2.15 bits per heavy atom. The fourth-order valence-corrected chi connectivity index (χ4v) is 3.50. The molecule has 0 spiro atoms. The topological polar surface area (TPSA) is 71.5 Å². The summed E-state index contributed by atoms with van der Waals surface area (Å²) in [5.74, 6) is 0.922. The SMILES string of the molecule is CC[C@@]1(C)CC(=O)c2cc(NC(=O)N3CC(c4ccccn4)C3)ccc2O1. The summed E-state index contributed by atoms with van der Waals surface area (Å²) in [6, 6.07) is 10.9. The van der Waals surface area contributed by atoms with E-state index >= 15 is 0 Å². The largest absolute Gasteiger partial charge is 0.486 e. The monoisotopic (exact) mass is 365 g/mol. The number of likely N-dealkylation sites (tertiary alicyclic amines) is 1. The average molecular weight is 365 g/mol. The summed E-state index contributed by atoms with van der Waals surface area (Å²) in [6.07, 6.45) is 2.89. The van der Waals surface area contributed by atoms with Crippen LogP contribution in [0.25, 0.3) is 0 Å². The summed E-state index contributed by atoms with van der Waals surface area (Å²) in [7, 11) is 0. The van der Waals surface area contributed by atoms with E-state index in [0.717, 1.165) is 12.1 Å². The Balaban J connectivity index is 1.40. The van der Waals surface area contributed by atoms with Crippen molar-refractivity contribution in [2.24, 2.45) is 0 Å². The highest BCUT2D eigenvalue weighted by atomic mass is 16.5. The number of anilines is 1. The molecule has 1 aromatic carbocycles. The van der Waals surface area contributed by atoms with E-state index in [1.807, 2.05) is 32.0 Å². The summed E-state index contributed by atoms with van der Waals surface area (Å²) < 4.78 is 5.99. The molecule has 1 N–H and O–H groups in total. The second kappa shape index (κ2) is 6.68. The summed E-state index contributed by atoms with van der Waals surface area (Å²) in [4.78, 5) is 31.0. The number of urea groups is 1. The molecule has 1 fully saturated rings. The van der Waals surface area contributed by atoms with Gasteiger partial charge in [0.05, 0.1) is 12.0 Å². The number of hydrogen-bond donors (Lipinski definition) is 1. The van der Waals surface area contributed by atoms with Gasteiger partial charge in [0.2, 0.25) is 0 Å². The Morgan fingerprint density at radius 1 is 1.33 bits per heavy atom. The van der Waals surface area contributed by atoms with E-state index in [-0.39, 0.29) is 17.7 Å². The van der Waals surface area contributed by atoms with Gasteiger partial charge in [-0.15, -0.1) is 0 Å². The number of ether oxygens (including phenoxy) is 1.